The molecule has 2 aromatic carbocycles. The number of halogens is 4. The van der Waals surface area contributed by atoms with Gasteiger partial charge in [-0.15, -0.1) is 11.3 Å². The predicted molar refractivity (Wildman–Crippen MR) is 211 cm³/mol. The van der Waals surface area contributed by atoms with Gasteiger partial charge in [0, 0.05) is 55.8 Å². The molecule has 0 fully saturated rings. The first-order chi connectivity index (χ1) is 26.4. The Bertz CT molecular complexity index is 2090. The van der Waals surface area contributed by atoms with E-state index in [1.165, 1.54) is 34.5 Å². The van der Waals surface area contributed by atoms with E-state index in [1.807, 2.05) is 12.1 Å². The van der Waals surface area contributed by atoms with Gasteiger partial charge in [-0.3, -0.25) is 24.1 Å². The number of nitrogens with zero attached hydrogens (tertiary/aromatic N) is 4. The number of hydrogen-bond donors (Lipinski definition) is 2. The summed E-state index contributed by atoms with van der Waals surface area (Å²) in [6, 6.07) is 10.9. The molecule has 300 valence electrons. The van der Waals surface area contributed by atoms with Crippen molar-refractivity contribution in [1.82, 2.24) is 19.6 Å². The summed E-state index contributed by atoms with van der Waals surface area (Å²) in [7, 11) is 1.67. The Morgan fingerprint density at radius 1 is 1.05 bits per heavy atom. The molecule has 0 bridgehead atoms. The number of carbonyl (C=O) groups is 4. The molecule has 0 spiro atoms. The third kappa shape index (κ3) is 10.3. The Labute approximate surface area is 333 Å². The van der Waals surface area contributed by atoms with E-state index in [9.17, 15) is 32.3 Å². The van der Waals surface area contributed by atoms with E-state index >= 15 is 0 Å². The second-order valence-electron chi connectivity index (χ2n) is 15.0. The van der Waals surface area contributed by atoms with Crippen molar-refractivity contribution < 1.29 is 37.5 Å². The van der Waals surface area contributed by atoms with Crippen LogP contribution in [0, 0.1) is 5.41 Å². The van der Waals surface area contributed by atoms with Crippen LogP contribution in [0.15, 0.2) is 54.9 Å². The van der Waals surface area contributed by atoms with Crippen LogP contribution in [-0.2, 0) is 35.2 Å². The minimum atomic E-state index is -4.67. The largest absolute Gasteiger partial charge is 0.481 e. The summed E-state index contributed by atoms with van der Waals surface area (Å²) in [6.07, 6.45) is 1.65. The van der Waals surface area contributed by atoms with Crippen molar-refractivity contribution in [3.8, 4) is 5.69 Å². The fourth-order valence-electron chi connectivity index (χ4n) is 7.06. The number of rotatable bonds is 16. The minimum Gasteiger partial charge on any atom is -0.481 e. The summed E-state index contributed by atoms with van der Waals surface area (Å²) >= 11 is 7.19. The maximum absolute atomic E-state index is 14.3. The highest BCUT2D eigenvalue weighted by atomic mass is 35.5. The molecule has 4 aromatic rings. The zero-order valence-electron chi connectivity index (χ0n) is 32.1. The number of benzene rings is 2. The average molecular weight is 814 g/mol. The van der Waals surface area contributed by atoms with Crippen molar-refractivity contribution in [2.45, 2.75) is 91.4 Å². The molecule has 10 nitrogen and oxygen atoms in total. The van der Waals surface area contributed by atoms with Crippen LogP contribution in [0.2, 0.25) is 5.02 Å². The summed E-state index contributed by atoms with van der Waals surface area (Å²) in [5, 5.41) is 16.1. The third-order valence-electron chi connectivity index (χ3n) is 10.3. The van der Waals surface area contributed by atoms with E-state index in [0.29, 0.717) is 42.2 Å². The number of aromatic nitrogens is 2. The lowest BCUT2D eigenvalue weighted by Gasteiger charge is -2.32. The van der Waals surface area contributed by atoms with Crippen LogP contribution in [-0.4, -0.2) is 74.4 Å². The molecular weight excluding hydrogens is 767 g/mol. The number of likely N-dealkylation sites (N-methyl/N-ethyl adjacent to an activating group) is 1. The summed E-state index contributed by atoms with van der Waals surface area (Å²) in [4.78, 5) is 56.5. The number of alkyl halides is 3. The van der Waals surface area contributed by atoms with E-state index in [0.717, 1.165) is 53.8 Å². The molecule has 0 radical (unpaired) electrons. The van der Waals surface area contributed by atoms with Crippen LogP contribution in [0.1, 0.15) is 108 Å². The zero-order chi connectivity index (χ0) is 40.9. The van der Waals surface area contributed by atoms with Gasteiger partial charge in [0.05, 0.1) is 40.0 Å². The first-order valence-corrected chi connectivity index (χ1v) is 19.8. The summed E-state index contributed by atoms with van der Waals surface area (Å²) in [5.41, 5.74) is 1.72. The first kappa shape index (κ1) is 42.6. The van der Waals surface area contributed by atoms with Gasteiger partial charge in [0.1, 0.15) is 5.00 Å². The van der Waals surface area contributed by atoms with Crippen molar-refractivity contribution >= 4 is 51.5 Å². The SMILES string of the molecule is CCC(CC)N(CCN(C)C(=O)CCC(=O)O)Cc1cccc(C(=O)Nc2sc3c(c2C(=O)c2cnn(-c4ccc(Cl)c(C(F)(F)F)c4)c2)CCC(C)(C)C3)c1. The number of carboxylic acids is 1. The Morgan fingerprint density at radius 3 is 2.46 bits per heavy atom. The van der Waals surface area contributed by atoms with E-state index in [2.05, 4.69) is 43.0 Å². The lowest BCUT2D eigenvalue weighted by atomic mass is 9.76. The van der Waals surface area contributed by atoms with Gasteiger partial charge in [0.15, 0.2) is 5.78 Å². The normalized spacial score (nSPS) is 13.8. The minimum absolute atomic E-state index is 0.00921. The van der Waals surface area contributed by atoms with Crippen molar-refractivity contribution in [1.29, 1.82) is 0 Å². The lowest BCUT2D eigenvalue weighted by Crippen LogP contribution is -2.41. The highest BCUT2D eigenvalue weighted by molar-refractivity contribution is 7.17. The van der Waals surface area contributed by atoms with Crippen LogP contribution in [0.25, 0.3) is 5.69 Å². The summed E-state index contributed by atoms with van der Waals surface area (Å²) < 4.78 is 41.9. The second-order valence-corrected chi connectivity index (χ2v) is 16.5. The Balaban J connectivity index is 1.39. The van der Waals surface area contributed by atoms with Gasteiger partial charge in [0.25, 0.3) is 5.91 Å². The molecule has 56 heavy (non-hydrogen) atoms. The maximum atomic E-state index is 14.3. The van der Waals surface area contributed by atoms with Crippen LogP contribution in [0.4, 0.5) is 18.2 Å². The molecule has 1 aliphatic carbocycles. The molecule has 1 aliphatic rings. The molecular formula is C41H47ClF3N5O5S. The molecule has 0 atom stereocenters. The maximum Gasteiger partial charge on any atom is 0.417 e. The molecule has 0 unspecified atom stereocenters. The monoisotopic (exact) mass is 813 g/mol. The molecule has 0 aliphatic heterocycles. The topological polar surface area (TPSA) is 125 Å². The smallest absolute Gasteiger partial charge is 0.417 e. The van der Waals surface area contributed by atoms with Gasteiger partial charge in [0.2, 0.25) is 5.91 Å². The second kappa shape index (κ2) is 17.7. The summed E-state index contributed by atoms with van der Waals surface area (Å²) in [6.45, 7) is 10.00. The van der Waals surface area contributed by atoms with E-state index < -0.39 is 34.4 Å². The van der Waals surface area contributed by atoms with Crippen LogP contribution < -0.4 is 5.32 Å². The molecule has 0 saturated heterocycles. The number of thiophene rings is 1. The number of nitrogens with one attached hydrogen (secondary N) is 1. The fourth-order valence-corrected chi connectivity index (χ4v) is 8.78. The number of ketones is 1. The number of hydrogen-bond acceptors (Lipinski definition) is 7. The van der Waals surface area contributed by atoms with Gasteiger partial charge in [-0.1, -0.05) is 51.4 Å². The number of anilines is 1. The van der Waals surface area contributed by atoms with Gasteiger partial charge in [-0.05, 0) is 79.0 Å². The lowest BCUT2D eigenvalue weighted by molar-refractivity contribution is -0.140. The van der Waals surface area contributed by atoms with Crippen LogP contribution >= 0.6 is 22.9 Å². The Hall–Kier alpha value is -4.53. The molecule has 2 amide bonds. The number of aliphatic carboxylic acids is 1. The predicted octanol–water partition coefficient (Wildman–Crippen LogP) is 8.92. The third-order valence-corrected chi connectivity index (χ3v) is 11.8. The molecule has 0 saturated carbocycles. The fraction of sp³-hybridized carbons (Fsp3) is 0.439. The van der Waals surface area contributed by atoms with Crippen molar-refractivity contribution in [2.75, 3.05) is 25.5 Å². The van der Waals surface area contributed by atoms with Gasteiger partial charge in [-0.2, -0.15) is 18.3 Å². The molecule has 2 N–H and O–H groups in total. The molecule has 5 rings (SSSR count). The molecule has 15 heteroatoms. The van der Waals surface area contributed by atoms with Crippen molar-refractivity contribution in [2.24, 2.45) is 5.41 Å². The van der Waals surface area contributed by atoms with Crippen LogP contribution in [0.5, 0.6) is 0 Å². The zero-order valence-corrected chi connectivity index (χ0v) is 33.7. The van der Waals surface area contributed by atoms with Gasteiger partial charge in [-0.25, -0.2) is 4.68 Å². The van der Waals surface area contributed by atoms with E-state index in [4.69, 9.17) is 16.7 Å². The van der Waals surface area contributed by atoms with Gasteiger partial charge < -0.3 is 15.3 Å². The first-order valence-electron chi connectivity index (χ1n) is 18.6. The van der Waals surface area contributed by atoms with Gasteiger partial charge >= 0.3 is 12.1 Å². The van der Waals surface area contributed by atoms with Crippen LogP contribution in [0.3, 0.4) is 0 Å². The molecule has 2 aromatic heterocycles. The quantitative estimate of drug-likeness (QED) is 0.108. The molecule has 2 heterocycles. The van der Waals surface area contributed by atoms with Crippen molar-refractivity contribution in [3.63, 3.8) is 0 Å². The summed E-state index contributed by atoms with van der Waals surface area (Å²) in [5.74, 6) is -2.04. The van der Waals surface area contributed by atoms with E-state index in [1.54, 1.807) is 24.1 Å². The van der Waals surface area contributed by atoms with E-state index in [-0.39, 0.29) is 41.5 Å². The van der Waals surface area contributed by atoms with Crippen molar-refractivity contribution in [3.05, 3.63) is 98.1 Å². The highest BCUT2D eigenvalue weighted by Crippen LogP contribution is 2.45. The number of carboxylic acid groups (broad SMARTS) is 1. The Morgan fingerprint density at radius 2 is 1.79 bits per heavy atom. The number of carbonyl (C=O) groups excluding carboxylic acids is 3. The number of amides is 2. The Kier molecular flexibility index (Phi) is 13.5. The number of fused-ring (bicyclic) bond motifs is 1. The standard InChI is InChI=1S/C41H47ClF3N5O5S/c1-6-28(7-2)49(18-17-48(5)34(51)13-14-35(52)53)23-25-9-8-10-26(19-25)38(55)47-39-36(30-15-16-40(3,4)21-33(30)56-39)37(54)27-22-46-50(24-27)29-11-12-32(42)31(20-29)41(43,44)45/h8-12,19-20,22,24,28H,6-7,13-18,21,23H2,1-5H3,(H,47,55)(H,52,53). The highest BCUT2D eigenvalue weighted by Gasteiger charge is 2.35. The average Bonchev–Trinajstić information content (AvgIpc) is 3.77.